The number of carbonyl (C=O) groups is 1. The number of benzene rings is 1. The second kappa shape index (κ2) is 4.13. The quantitative estimate of drug-likeness (QED) is 0.807. The molecular weight excluding hydrogens is 278 g/mol. The predicted octanol–water partition coefficient (Wildman–Crippen LogP) is 2.36. The Morgan fingerprint density at radius 1 is 1.56 bits per heavy atom. The van der Waals surface area contributed by atoms with Gasteiger partial charge < -0.3 is 9.26 Å². The number of halogens is 1. The molecule has 0 aliphatic heterocycles. The summed E-state index contributed by atoms with van der Waals surface area (Å²) in [5.74, 6) is 0. The summed E-state index contributed by atoms with van der Waals surface area (Å²) in [6.07, 6.45) is -0.806. The van der Waals surface area contributed by atoms with Crippen LogP contribution in [0.3, 0.4) is 0 Å². The van der Waals surface area contributed by atoms with Gasteiger partial charge in [-0.05, 0) is 25.1 Å². The van der Waals surface area contributed by atoms with E-state index < -0.39 is 11.7 Å². The molecule has 0 atom stereocenters. The number of aromatic nitrogens is 1. The van der Waals surface area contributed by atoms with Crippen molar-refractivity contribution < 1.29 is 14.1 Å². The third-order valence-corrected chi connectivity index (χ3v) is 2.47. The van der Waals surface area contributed by atoms with E-state index in [2.05, 4.69) is 20.7 Å². The van der Waals surface area contributed by atoms with Crippen molar-refractivity contribution in [1.82, 2.24) is 4.74 Å². The predicted molar refractivity (Wildman–Crippen MR) is 60.6 cm³/mol. The third kappa shape index (κ3) is 1.76. The molecule has 0 spiro atoms. The molecule has 1 heterocycles. The number of nitrogens with zero attached hydrogens (tertiary/aromatic N) is 1. The van der Waals surface area contributed by atoms with Crippen LogP contribution in [0.15, 0.2) is 32.0 Å². The maximum absolute atomic E-state index is 11.7. The lowest BCUT2D eigenvalue weighted by molar-refractivity contribution is 0.127. The fourth-order valence-electron chi connectivity index (χ4n) is 1.30. The van der Waals surface area contributed by atoms with Crippen molar-refractivity contribution in [3.05, 3.63) is 33.0 Å². The van der Waals surface area contributed by atoms with E-state index in [0.717, 1.165) is 4.47 Å². The zero-order valence-corrected chi connectivity index (χ0v) is 9.98. The number of hydrogen-bond acceptors (Lipinski definition) is 4. The highest BCUT2D eigenvalue weighted by Gasteiger charge is 2.16. The van der Waals surface area contributed by atoms with Crippen molar-refractivity contribution in [2.75, 3.05) is 6.61 Å². The van der Waals surface area contributed by atoms with Crippen LogP contribution in [-0.2, 0) is 4.74 Å². The van der Waals surface area contributed by atoms with Crippen molar-refractivity contribution in [2.45, 2.75) is 6.92 Å². The number of rotatable bonds is 1. The summed E-state index contributed by atoms with van der Waals surface area (Å²) >= 11 is 3.24. The van der Waals surface area contributed by atoms with Crippen molar-refractivity contribution >= 4 is 33.0 Å². The molecule has 1 aromatic heterocycles. The molecule has 5 nitrogen and oxygen atoms in total. The van der Waals surface area contributed by atoms with Gasteiger partial charge in [-0.1, -0.05) is 20.7 Å². The number of ether oxygens (including phenoxy) is 1. The van der Waals surface area contributed by atoms with Gasteiger partial charge in [0.15, 0.2) is 5.58 Å². The Morgan fingerprint density at radius 3 is 3.00 bits per heavy atom. The summed E-state index contributed by atoms with van der Waals surface area (Å²) in [6, 6.07) is 4.92. The number of carbonyl (C=O) groups excluding carboxylic acids is 1. The monoisotopic (exact) mass is 285 g/mol. The maximum atomic E-state index is 11.7. The van der Waals surface area contributed by atoms with Gasteiger partial charge in [-0.15, -0.1) is 0 Å². The van der Waals surface area contributed by atoms with Gasteiger partial charge in [0.25, 0.3) is 0 Å². The highest BCUT2D eigenvalue weighted by Crippen LogP contribution is 2.17. The molecule has 0 aliphatic rings. The van der Waals surface area contributed by atoms with Crippen molar-refractivity contribution in [3.63, 3.8) is 0 Å². The van der Waals surface area contributed by atoms with E-state index in [4.69, 9.17) is 4.52 Å². The molecule has 0 radical (unpaired) electrons. The molecule has 0 fully saturated rings. The summed E-state index contributed by atoms with van der Waals surface area (Å²) in [6.45, 7) is 1.84. The van der Waals surface area contributed by atoms with E-state index in [1.807, 2.05) is 0 Å². The molecule has 0 bridgehead atoms. The first-order valence-corrected chi connectivity index (χ1v) is 5.41. The molecule has 84 valence electrons. The van der Waals surface area contributed by atoms with Crippen LogP contribution in [-0.4, -0.2) is 17.4 Å². The molecule has 0 N–H and O–H groups in total. The Hall–Kier alpha value is -1.56. The van der Waals surface area contributed by atoms with Gasteiger partial charge in [0.1, 0.15) is 0 Å². The lowest BCUT2D eigenvalue weighted by atomic mass is 10.3. The molecule has 6 heteroatoms. The van der Waals surface area contributed by atoms with Crippen LogP contribution in [0.5, 0.6) is 0 Å². The highest BCUT2D eigenvalue weighted by atomic mass is 79.9. The van der Waals surface area contributed by atoms with E-state index in [0.29, 0.717) is 15.7 Å². The summed E-state index contributed by atoms with van der Waals surface area (Å²) in [5.41, 5.74) is -0.170. The Kier molecular flexibility index (Phi) is 2.82. The molecule has 0 saturated carbocycles. The zero-order valence-electron chi connectivity index (χ0n) is 8.40. The second-order valence-corrected chi connectivity index (χ2v) is 3.95. The van der Waals surface area contributed by atoms with Crippen molar-refractivity contribution in [1.29, 1.82) is 0 Å². The molecule has 1 aromatic carbocycles. The molecule has 2 aromatic rings. The largest absolute Gasteiger partial charge is 0.451 e. The smallest absolute Gasteiger partial charge is 0.447 e. The molecule has 0 aliphatic carbocycles. The Morgan fingerprint density at radius 2 is 2.31 bits per heavy atom. The van der Waals surface area contributed by atoms with Gasteiger partial charge in [-0.2, -0.15) is 0 Å². The van der Waals surface area contributed by atoms with E-state index in [-0.39, 0.29) is 6.61 Å². The second-order valence-electron chi connectivity index (χ2n) is 3.03. The van der Waals surface area contributed by atoms with Crippen LogP contribution < -0.4 is 5.56 Å². The minimum atomic E-state index is -0.806. The van der Waals surface area contributed by atoms with Crippen LogP contribution >= 0.6 is 15.9 Å². The van der Waals surface area contributed by atoms with E-state index in [1.165, 1.54) is 0 Å². The van der Waals surface area contributed by atoms with Crippen LogP contribution in [0.25, 0.3) is 11.0 Å². The summed E-state index contributed by atoms with van der Waals surface area (Å²) in [5, 5.41) is 0.336. The topological polar surface area (TPSA) is 61.4 Å². The van der Waals surface area contributed by atoms with Crippen molar-refractivity contribution in [2.24, 2.45) is 0 Å². The van der Waals surface area contributed by atoms with Gasteiger partial charge in [0.2, 0.25) is 0 Å². The molecule has 0 unspecified atom stereocenters. The van der Waals surface area contributed by atoms with E-state index >= 15 is 0 Å². The van der Waals surface area contributed by atoms with Crippen molar-refractivity contribution in [3.8, 4) is 0 Å². The Bertz CT molecular complexity index is 598. The molecule has 2 rings (SSSR count). The average molecular weight is 286 g/mol. The Labute approximate surface area is 98.7 Å². The average Bonchev–Trinajstić information content (AvgIpc) is 2.57. The normalized spacial score (nSPS) is 10.6. The van der Waals surface area contributed by atoms with Gasteiger partial charge in [-0.25, -0.2) is 4.79 Å². The molecule has 0 amide bonds. The first kappa shape index (κ1) is 10.9. The summed E-state index contributed by atoms with van der Waals surface area (Å²) in [4.78, 5) is 23.1. The van der Waals surface area contributed by atoms with Crippen LogP contribution in [0.2, 0.25) is 0 Å². The number of hydrogen-bond donors (Lipinski definition) is 0. The highest BCUT2D eigenvalue weighted by molar-refractivity contribution is 9.10. The standard InChI is InChI=1S/C10H8BrNO4/c1-2-15-10(14)12-9(13)7-5-6(11)3-4-8(7)16-12/h3-5H,2H2,1H3. The van der Waals surface area contributed by atoms with Gasteiger partial charge in [0, 0.05) is 4.47 Å². The fourth-order valence-corrected chi connectivity index (χ4v) is 1.66. The molecule has 0 saturated heterocycles. The SMILES string of the molecule is CCOC(=O)n1oc2ccc(Br)cc2c1=O. The van der Waals surface area contributed by atoms with E-state index in [1.54, 1.807) is 25.1 Å². The van der Waals surface area contributed by atoms with Crippen LogP contribution in [0.4, 0.5) is 4.79 Å². The first-order valence-electron chi connectivity index (χ1n) is 4.62. The lowest BCUT2D eigenvalue weighted by Gasteiger charge is -1.97. The minimum absolute atomic E-state index is 0.187. The first-order chi connectivity index (χ1) is 7.63. The van der Waals surface area contributed by atoms with Gasteiger partial charge in [-0.3, -0.25) is 4.79 Å². The Balaban J connectivity index is 2.61. The van der Waals surface area contributed by atoms with Crippen LogP contribution in [0.1, 0.15) is 6.92 Å². The maximum Gasteiger partial charge on any atom is 0.451 e. The minimum Gasteiger partial charge on any atom is -0.447 e. The summed E-state index contributed by atoms with van der Waals surface area (Å²) < 4.78 is 11.1. The lowest BCUT2D eigenvalue weighted by Crippen LogP contribution is -2.23. The molecular formula is C10H8BrNO4. The number of fused-ring (bicyclic) bond motifs is 1. The van der Waals surface area contributed by atoms with E-state index in [9.17, 15) is 9.59 Å². The van der Waals surface area contributed by atoms with Gasteiger partial charge >= 0.3 is 11.7 Å². The van der Waals surface area contributed by atoms with Crippen LogP contribution in [0, 0.1) is 0 Å². The zero-order chi connectivity index (χ0) is 11.7. The van der Waals surface area contributed by atoms with Gasteiger partial charge in [0.05, 0.1) is 12.0 Å². The fraction of sp³-hybridized carbons (Fsp3) is 0.200. The summed E-state index contributed by atoms with van der Waals surface area (Å²) in [7, 11) is 0. The molecule has 16 heavy (non-hydrogen) atoms. The third-order valence-electron chi connectivity index (χ3n) is 1.98.